The molecular formula is C29H45NO6. The number of aliphatic imine (C=N–C) groups is 1. The van der Waals surface area contributed by atoms with Crippen LogP contribution in [-0.2, 0) is 23.9 Å². The minimum absolute atomic E-state index is 0.0445. The van der Waals surface area contributed by atoms with E-state index < -0.39 is 17.4 Å². The number of rotatable bonds is 11. The average Bonchev–Trinajstić information content (AvgIpc) is 2.83. The molecule has 0 bridgehead atoms. The molecule has 1 N–H and O–H groups in total. The van der Waals surface area contributed by atoms with Gasteiger partial charge in [0.2, 0.25) is 0 Å². The lowest BCUT2D eigenvalue weighted by molar-refractivity contribution is -0.161. The molecule has 6 atom stereocenters. The van der Waals surface area contributed by atoms with Gasteiger partial charge in [0, 0.05) is 31.0 Å². The molecule has 7 nitrogen and oxygen atoms in total. The Bertz CT molecular complexity index is 864. The molecule has 6 unspecified atom stereocenters. The first-order valence-corrected chi connectivity index (χ1v) is 14.0. The number of fused-ring (bicyclic) bond motifs is 1. The van der Waals surface area contributed by atoms with Crippen molar-refractivity contribution in [2.75, 3.05) is 13.2 Å². The number of allylic oxidation sites excluding steroid dienone is 1. The molecule has 2 aliphatic carbocycles. The summed E-state index contributed by atoms with van der Waals surface area (Å²) < 4.78 is 11.3. The second kappa shape index (κ2) is 13.0. The summed E-state index contributed by atoms with van der Waals surface area (Å²) in [6.07, 6.45) is 9.00. The molecule has 1 heterocycles. The van der Waals surface area contributed by atoms with Gasteiger partial charge in [0.15, 0.2) is 5.78 Å². The topological polar surface area (TPSA) is 102 Å². The molecule has 1 aliphatic heterocycles. The van der Waals surface area contributed by atoms with Crippen LogP contribution in [0.25, 0.3) is 0 Å². The highest BCUT2D eigenvalue weighted by atomic mass is 16.5. The highest BCUT2D eigenvalue weighted by Crippen LogP contribution is 2.51. The minimum atomic E-state index is -0.727. The van der Waals surface area contributed by atoms with Gasteiger partial charge in [0.25, 0.3) is 0 Å². The predicted octanol–water partition coefficient (Wildman–Crippen LogP) is 4.99. The SMILES string of the molecule is CCCCCCN=C1CCC(OC(=O)C(C)CC)C2C1=CC(=O)CC2(C)CCC1C(=O)OCCC1O. The zero-order chi connectivity index (χ0) is 26.3. The Labute approximate surface area is 216 Å². The first-order valence-electron chi connectivity index (χ1n) is 14.0. The number of ketones is 1. The van der Waals surface area contributed by atoms with E-state index in [4.69, 9.17) is 14.5 Å². The lowest BCUT2D eigenvalue weighted by Gasteiger charge is -2.48. The quantitative estimate of drug-likeness (QED) is 0.315. The summed E-state index contributed by atoms with van der Waals surface area (Å²) in [5, 5.41) is 10.4. The Morgan fingerprint density at radius 3 is 2.72 bits per heavy atom. The molecule has 36 heavy (non-hydrogen) atoms. The summed E-state index contributed by atoms with van der Waals surface area (Å²) in [5.74, 6) is -1.46. The maximum Gasteiger partial charge on any atom is 0.311 e. The van der Waals surface area contributed by atoms with Crippen LogP contribution < -0.4 is 0 Å². The molecule has 0 aromatic carbocycles. The number of hydrogen-bond acceptors (Lipinski definition) is 7. The summed E-state index contributed by atoms with van der Waals surface area (Å²) >= 11 is 0. The summed E-state index contributed by atoms with van der Waals surface area (Å²) in [6, 6.07) is 0. The number of cyclic esters (lactones) is 1. The van der Waals surface area contributed by atoms with Crippen molar-refractivity contribution < 1.29 is 29.0 Å². The molecule has 0 radical (unpaired) electrons. The molecule has 0 aromatic rings. The number of aliphatic hydroxyl groups is 1. The van der Waals surface area contributed by atoms with E-state index in [1.165, 1.54) is 12.8 Å². The average molecular weight is 504 g/mol. The van der Waals surface area contributed by atoms with Crippen LogP contribution in [0.4, 0.5) is 0 Å². The van der Waals surface area contributed by atoms with Crippen LogP contribution in [0.15, 0.2) is 16.6 Å². The third-order valence-corrected chi connectivity index (χ3v) is 8.40. The van der Waals surface area contributed by atoms with Crippen LogP contribution >= 0.6 is 0 Å². The fraction of sp³-hybridized carbons (Fsp3) is 0.793. The van der Waals surface area contributed by atoms with Crippen molar-refractivity contribution in [2.24, 2.45) is 28.2 Å². The zero-order valence-electron chi connectivity index (χ0n) is 22.6. The third kappa shape index (κ3) is 6.84. The van der Waals surface area contributed by atoms with Crippen LogP contribution in [0, 0.1) is 23.2 Å². The Balaban J connectivity index is 1.86. The van der Waals surface area contributed by atoms with Crippen molar-refractivity contribution in [1.82, 2.24) is 0 Å². The smallest absolute Gasteiger partial charge is 0.311 e. The van der Waals surface area contributed by atoms with E-state index in [2.05, 4.69) is 13.8 Å². The van der Waals surface area contributed by atoms with Gasteiger partial charge in [-0.25, -0.2) is 0 Å². The van der Waals surface area contributed by atoms with E-state index in [1.54, 1.807) is 6.08 Å². The Morgan fingerprint density at radius 2 is 2.03 bits per heavy atom. The minimum Gasteiger partial charge on any atom is -0.465 e. The maximum absolute atomic E-state index is 13.0. The van der Waals surface area contributed by atoms with Gasteiger partial charge in [0.1, 0.15) is 6.10 Å². The van der Waals surface area contributed by atoms with Gasteiger partial charge in [-0.3, -0.25) is 19.4 Å². The number of aliphatic hydroxyl groups excluding tert-OH is 1. The van der Waals surface area contributed by atoms with Crippen LogP contribution in [0.5, 0.6) is 0 Å². The monoisotopic (exact) mass is 503 g/mol. The summed E-state index contributed by atoms with van der Waals surface area (Å²) in [4.78, 5) is 43.0. The highest BCUT2D eigenvalue weighted by molar-refractivity contribution is 6.08. The summed E-state index contributed by atoms with van der Waals surface area (Å²) in [5.41, 5.74) is 1.36. The van der Waals surface area contributed by atoms with Gasteiger partial charge in [-0.1, -0.05) is 47.0 Å². The van der Waals surface area contributed by atoms with Gasteiger partial charge in [-0.2, -0.15) is 0 Å². The van der Waals surface area contributed by atoms with Crippen molar-refractivity contribution in [3.63, 3.8) is 0 Å². The Hall–Kier alpha value is -2.02. The lowest BCUT2D eigenvalue weighted by Crippen LogP contribution is -2.49. The Kier molecular flexibility index (Phi) is 10.3. The van der Waals surface area contributed by atoms with Crippen molar-refractivity contribution in [3.05, 3.63) is 11.6 Å². The van der Waals surface area contributed by atoms with Crippen LogP contribution in [-0.4, -0.2) is 53.9 Å². The molecule has 7 heteroatoms. The van der Waals surface area contributed by atoms with E-state index >= 15 is 0 Å². The molecule has 0 amide bonds. The maximum atomic E-state index is 13.0. The van der Waals surface area contributed by atoms with E-state index in [-0.39, 0.29) is 42.3 Å². The number of unbranched alkanes of at least 4 members (excludes halogenated alkanes) is 3. The molecule has 3 aliphatic rings. The second-order valence-corrected chi connectivity index (χ2v) is 11.3. The Morgan fingerprint density at radius 1 is 1.25 bits per heavy atom. The second-order valence-electron chi connectivity index (χ2n) is 11.3. The number of esters is 2. The lowest BCUT2D eigenvalue weighted by atomic mass is 9.58. The molecule has 202 valence electrons. The molecule has 1 saturated carbocycles. The van der Waals surface area contributed by atoms with E-state index in [0.717, 1.165) is 30.7 Å². The van der Waals surface area contributed by atoms with Crippen LogP contribution in [0.2, 0.25) is 0 Å². The van der Waals surface area contributed by atoms with Gasteiger partial charge in [-0.15, -0.1) is 0 Å². The fourth-order valence-corrected chi connectivity index (χ4v) is 5.97. The standard InChI is InChI=1S/C29H45NO6/c1-5-7-8-9-15-30-23-10-11-25(36-27(33)19(3)6-2)26-22(23)17-20(31)18-29(26,4)14-12-21-24(32)13-16-35-28(21)34/h17,19,21,24-26,32H,5-16,18H2,1-4H3. The first-order chi connectivity index (χ1) is 17.2. The van der Waals surface area contributed by atoms with Gasteiger partial charge in [-0.05, 0) is 55.6 Å². The highest BCUT2D eigenvalue weighted by Gasteiger charge is 2.50. The molecule has 2 fully saturated rings. The number of ether oxygens (including phenoxy) is 2. The number of nitrogens with zero attached hydrogens (tertiary/aromatic N) is 1. The molecule has 1 saturated heterocycles. The van der Waals surface area contributed by atoms with E-state index in [0.29, 0.717) is 44.9 Å². The zero-order valence-corrected chi connectivity index (χ0v) is 22.6. The molecule has 3 rings (SSSR count). The van der Waals surface area contributed by atoms with Gasteiger partial charge < -0.3 is 14.6 Å². The summed E-state index contributed by atoms with van der Waals surface area (Å²) in [6.45, 7) is 9.08. The third-order valence-electron chi connectivity index (χ3n) is 8.40. The normalized spacial score (nSPS) is 32.5. The number of hydrogen-bond donors (Lipinski definition) is 1. The number of carbonyl (C=O) groups excluding carboxylic acids is 3. The largest absolute Gasteiger partial charge is 0.465 e. The van der Waals surface area contributed by atoms with Gasteiger partial charge >= 0.3 is 11.9 Å². The van der Waals surface area contributed by atoms with Crippen molar-refractivity contribution in [3.8, 4) is 0 Å². The van der Waals surface area contributed by atoms with Crippen LogP contribution in [0.3, 0.4) is 0 Å². The molecular weight excluding hydrogens is 458 g/mol. The van der Waals surface area contributed by atoms with Crippen molar-refractivity contribution in [1.29, 1.82) is 0 Å². The van der Waals surface area contributed by atoms with E-state index in [9.17, 15) is 19.5 Å². The van der Waals surface area contributed by atoms with Gasteiger partial charge in [0.05, 0.1) is 24.5 Å². The summed E-state index contributed by atoms with van der Waals surface area (Å²) in [7, 11) is 0. The number of carbonyl (C=O) groups is 3. The molecule has 0 spiro atoms. The van der Waals surface area contributed by atoms with E-state index in [1.807, 2.05) is 13.8 Å². The molecule has 0 aromatic heterocycles. The van der Waals surface area contributed by atoms with Crippen molar-refractivity contribution in [2.45, 2.75) is 111 Å². The van der Waals surface area contributed by atoms with Crippen molar-refractivity contribution >= 4 is 23.4 Å². The predicted molar refractivity (Wildman–Crippen MR) is 139 cm³/mol. The fourth-order valence-electron chi connectivity index (χ4n) is 5.97. The first kappa shape index (κ1) is 28.5. The van der Waals surface area contributed by atoms with Crippen LogP contribution in [0.1, 0.15) is 98.3 Å².